The van der Waals surface area contributed by atoms with Gasteiger partial charge in [-0.3, -0.25) is 6.08 Å². The molecule has 0 amide bonds. The van der Waals surface area contributed by atoms with Crippen LogP contribution in [0.25, 0.3) is 0 Å². The second-order valence-corrected chi connectivity index (χ2v) is 15.0. The first-order valence-corrected chi connectivity index (χ1v) is 12.4. The number of aryl methyl sites for hydroxylation is 2. The summed E-state index contributed by atoms with van der Waals surface area (Å²) < 4.78 is 0. The molecule has 0 N–H and O–H groups in total. The van der Waals surface area contributed by atoms with E-state index in [1.54, 1.807) is 0 Å². The summed E-state index contributed by atoms with van der Waals surface area (Å²) in [5.74, 6) is 0. The van der Waals surface area contributed by atoms with E-state index in [2.05, 4.69) is 117 Å². The van der Waals surface area contributed by atoms with Gasteiger partial charge in [-0.15, -0.1) is 6.92 Å². The Bertz CT molecular complexity index is 956. The average Bonchev–Trinajstić information content (AvgIpc) is 2.78. The molecule has 32 heavy (non-hydrogen) atoms. The molecule has 2 unspecified atom stereocenters. The molecule has 172 valence electrons. The minimum Gasteiger partial charge on any atom is -1.00 e. The van der Waals surface area contributed by atoms with Gasteiger partial charge in [0.05, 0.1) is 0 Å². The van der Waals surface area contributed by atoms with Crippen LogP contribution < -0.4 is 47.6 Å². The van der Waals surface area contributed by atoms with Gasteiger partial charge in [0.25, 0.3) is 0 Å². The topological polar surface area (TPSA) is 0 Å². The van der Waals surface area contributed by atoms with Crippen molar-refractivity contribution in [2.24, 2.45) is 0 Å². The van der Waals surface area contributed by atoms with Gasteiger partial charge in [0.1, 0.15) is 8.07 Å². The van der Waals surface area contributed by atoms with Gasteiger partial charge < -0.3 is 37.2 Å². The molecule has 2 aromatic carbocycles. The molecule has 0 nitrogen and oxygen atoms in total. The van der Waals surface area contributed by atoms with Crippen molar-refractivity contribution in [3.05, 3.63) is 82.5 Å². The van der Waals surface area contributed by atoms with E-state index in [0.29, 0.717) is 0 Å². The van der Waals surface area contributed by atoms with Crippen LogP contribution in [0.5, 0.6) is 0 Å². The third-order valence-electron chi connectivity index (χ3n) is 7.05. The first-order chi connectivity index (χ1) is 12.9. The van der Waals surface area contributed by atoms with Gasteiger partial charge in [0, 0.05) is 0 Å². The van der Waals surface area contributed by atoms with Crippen molar-refractivity contribution in [3.63, 3.8) is 0 Å². The molecule has 0 bridgehead atoms. The normalized spacial score (nSPS) is 19.5. The van der Waals surface area contributed by atoms with Crippen molar-refractivity contribution in [2.45, 2.75) is 72.4 Å². The second kappa shape index (κ2) is 11.9. The fourth-order valence-corrected chi connectivity index (χ4v) is 13.3. The number of hydrogen-bond acceptors (Lipinski definition) is 0. The summed E-state index contributed by atoms with van der Waals surface area (Å²) in [4.78, 5) is 0. The zero-order valence-electron chi connectivity index (χ0n) is 20.8. The number of allylic oxidation sites excluding steroid dienone is 4. The molecule has 0 saturated heterocycles. The SMILES string of the molecule is CC1=[C-]C(C)([Si](c2ccccc2)(c2cc(C)cc(C)c2)C(C)(C)C)C(C)=C1C.[Cl-].[Cl-].[Cl-].[Ti+4]. The molecule has 0 heterocycles. The van der Waals surface area contributed by atoms with E-state index < -0.39 is 8.07 Å². The minimum atomic E-state index is -2.34. The molecule has 2 aromatic rings. The summed E-state index contributed by atoms with van der Waals surface area (Å²) in [6, 6.07) is 18.5. The molecule has 0 saturated carbocycles. The summed E-state index contributed by atoms with van der Waals surface area (Å²) in [5.41, 5.74) is 6.94. The first kappa shape index (κ1) is 33.9. The predicted molar refractivity (Wildman–Crippen MR) is 126 cm³/mol. The van der Waals surface area contributed by atoms with E-state index in [-0.39, 0.29) is 69.0 Å². The van der Waals surface area contributed by atoms with Crippen LogP contribution in [0.1, 0.15) is 59.6 Å². The Kier molecular flexibility index (Phi) is 12.6. The molecule has 0 aromatic heterocycles. The van der Waals surface area contributed by atoms with E-state index in [9.17, 15) is 0 Å². The standard InChI is InChI=1S/C27H35Si.3ClH.Ti/c1-19-15-20(2)17-25(16-19)28(26(6,7)8,24-13-11-10-12-14-24)27(9)18-21(3)22(4)23(27)5;;;;/h10-17H,1-9H3;3*1H;/q-1;;;;+4/p-3. The van der Waals surface area contributed by atoms with Crippen molar-refractivity contribution in [1.82, 2.24) is 0 Å². The van der Waals surface area contributed by atoms with Crippen molar-refractivity contribution >= 4 is 18.4 Å². The fraction of sp³-hybridized carbons (Fsp3) is 0.407. The number of hydrogen-bond donors (Lipinski definition) is 0. The molecule has 2 atom stereocenters. The molecule has 0 radical (unpaired) electrons. The van der Waals surface area contributed by atoms with E-state index in [1.165, 1.54) is 38.2 Å². The smallest absolute Gasteiger partial charge is 1.00 e. The maximum absolute atomic E-state index is 4.02. The van der Waals surface area contributed by atoms with Gasteiger partial charge >= 0.3 is 21.7 Å². The quantitative estimate of drug-likeness (QED) is 0.299. The Morgan fingerprint density at radius 3 is 1.59 bits per heavy atom. The van der Waals surface area contributed by atoms with Gasteiger partial charge in [0.2, 0.25) is 0 Å². The van der Waals surface area contributed by atoms with Gasteiger partial charge in [-0.25, -0.2) is 5.57 Å². The molecule has 1 aliphatic carbocycles. The van der Waals surface area contributed by atoms with Gasteiger partial charge in [0.15, 0.2) is 0 Å². The molecule has 0 aliphatic heterocycles. The van der Waals surface area contributed by atoms with Crippen LogP contribution in [0, 0.1) is 19.9 Å². The predicted octanol–water partition coefficient (Wildman–Crippen LogP) is -2.46. The third kappa shape index (κ3) is 5.19. The Balaban J connectivity index is 0. The Labute approximate surface area is 230 Å². The summed E-state index contributed by atoms with van der Waals surface area (Å²) in [6.07, 6.45) is 4.02. The monoisotopic (exact) mass is 540 g/mol. The average molecular weight is 542 g/mol. The van der Waals surface area contributed by atoms with Crippen LogP contribution in [0.2, 0.25) is 10.1 Å². The van der Waals surface area contributed by atoms with Crippen LogP contribution in [-0.2, 0) is 21.7 Å². The number of halogens is 3. The molecule has 1 aliphatic rings. The summed E-state index contributed by atoms with van der Waals surface area (Å²) >= 11 is 0. The number of rotatable bonds is 3. The Morgan fingerprint density at radius 2 is 1.22 bits per heavy atom. The van der Waals surface area contributed by atoms with Crippen molar-refractivity contribution in [2.75, 3.05) is 0 Å². The molecular formula is C27H35Cl3SiTi. The van der Waals surface area contributed by atoms with Gasteiger partial charge in [-0.05, 0) is 18.9 Å². The van der Waals surface area contributed by atoms with E-state index in [4.69, 9.17) is 0 Å². The van der Waals surface area contributed by atoms with Gasteiger partial charge in [-0.2, -0.15) is 11.1 Å². The van der Waals surface area contributed by atoms with E-state index >= 15 is 0 Å². The van der Waals surface area contributed by atoms with Crippen LogP contribution in [0.15, 0.2) is 65.3 Å². The maximum Gasteiger partial charge on any atom is 4.00 e. The fourth-order valence-electron chi connectivity index (χ4n) is 5.83. The molecule has 0 spiro atoms. The molecule has 3 rings (SSSR count). The first-order valence-electron chi connectivity index (χ1n) is 10.4. The van der Waals surface area contributed by atoms with E-state index in [1.807, 2.05) is 0 Å². The van der Waals surface area contributed by atoms with Crippen LogP contribution in [0.3, 0.4) is 0 Å². The minimum absolute atomic E-state index is 0. The van der Waals surface area contributed by atoms with Crippen LogP contribution >= 0.6 is 0 Å². The van der Waals surface area contributed by atoms with Crippen molar-refractivity contribution in [1.29, 1.82) is 0 Å². The largest absolute Gasteiger partial charge is 4.00 e. The van der Waals surface area contributed by atoms with Crippen LogP contribution in [0.4, 0.5) is 0 Å². The molecule has 0 fully saturated rings. The Hall–Kier alpha value is -0.279. The maximum atomic E-state index is 4.02. The zero-order valence-corrected chi connectivity index (χ0v) is 25.6. The van der Waals surface area contributed by atoms with Crippen LogP contribution in [-0.4, -0.2) is 8.07 Å². The zero-order chi connectivity index (χ0) is 20.9. The Morgan fingerprint density at radius 1 is 0.750 bits per heavy atom. The molecule has 5 heteroatoms. The van der Waals surface area contributed by atoms with Crippen molar-refractivity contribution in [3.8, 4) is 0 Å². The summed E-state index contributed by atoms with van der Waals surface area (Å²) in [6.45, 7) is 21.1. The number of benzene rings is 2. The second-order valence-electron chi connectivity index (χ2n) is 9.87. The summed E-state index contributed by atoms with van der Waals surface area (Å²) in [5, 5.41) is 3.06. The van der Waals surface area contributed by atoms with Gasteiger partial charge in [-0.1, -0.05) is 117 Å². The molecular weight excluding hydrogens is 507 g/mol. The summed E-state index contributed by atoms with van der Waals surface area (Å²) in [7, 11) is -2.34. The van der Waals surface area contributed by atoms with Crippen molar-refractivity contribution < 1.29 is 58.9 Å². The third-order valence-corrected chi connectivity index (χ3v) is 13.7. The van der Waals surface area contributed by atoms with E-state index in [0.717, 1.165) is 0 Å².